The monoisotopic (exact) mass is 439 g/mol. The van der Waals surface area contributed by atoms with E-state index in [0.717, 1.165) is 18.9 Å². The Morgan fingerprint density at radius 2 is 2.06 bits per heavy atom. The fraction of sp³-hybridized carbons (Fsp3) is 0.636. The maximum absolute atomic E-state index is 13.7. The highest BCUT2D eigenvalue weighted by Crippen LogP contribution is 2.20. The third-order valence-electron chi connectivity index (χ3n) is 5.82. The van der Waals surface area contributed by atoms with E-state index in [1.165, 1.54) is 12.1 Å². The minimum Gasteiger partial charge on any atom is -0.389 e. The molecule has 0 aliphatic carbocycles. The number of aliphatic hydroxyl groups is 1. The predicted octanol–water partition coefficient (Wildman–Crippen LogP) is 1.18. The van der Waals surface area contributed by atoms with Crippen LogP contribution in [0.2, 0.25) is 0 Å². The molecule has 172 valence electrons. The molecule has 1 unspecified atom stereocenters. The Labute approximate surface area is 180 Å². The highest BCUT2D eigenvalue weighted by atomic mass is 19.1. The number of halogens is 2. The van der Waals surface area contributed by atoms with E-state index in [-0.39, 0.29) is 30.9 Å². The summed E-state index contributed by atoms with van der Waals surface area (Å²) in [4.78, 5) is 24.1. The molecule has 0 bridgehead atoms. The van der Waals surface area contributed by atoms with Gasteiger partial charge >= 0.3 is 0 Å². The van der Waals surface area contributed by atoms with Gasteiger partial charge in [-0.1, -0.05) is 13.3 Å². The highest BCUT2D eigenvalue weighted by Gasteiger charge is 2.37. The maximum atomic E-state index is 13.7. The average Bonchev–Trinajstić information content (AvgIpc) is 3.35. The molecule has 2 saturated heterocycles. The van der Waals surface area contributed by atoms with Crippen molar-refractivity contribution >= 4 is 11.8 Å². The minimum absolute atomic E-state index is 0.0386. The summed E-state index contributed by atoms with van der Waals surface area (Å²) < 4.78 is 33.1. The molecule has 4 N–H and O–H groups in total. The van der Waals surface area contributed by atoms with Gasteiger partial charge in [0.15, 0.2) is 0 Å². The van der Waals surface area contributed by atoms with E-state index in [1.54, 1.807) is 0 Å². The number of aliphatic hydroxyl groups excluding tert-OH is 1. The van der Waals surface area contributed by atoms with Gasteiger partial charge in [0, 0.05) is 31.7 Å². The van der Waals surface area contributed by atoms with Crippen molar-refractivity contribution in [2.45, 2.75) is 75.8 Å². The predicted molar refractivity (Wildman–Crippen MR) is 110 cm³/mol. The molecule has 0 aromatic heterocycles. The van der Waals surface area contributed by atoms with E-state index in [1.807, 2.05) is 0 Å². The Morgan fingerprint density at radius 1 is 1.32 bits per heavy atom. The maximum Gasteiger partial charge on any atom is 0.242 e. The number of ether oxygens (including phenoxy) is 1. The first-order chi connectivity index (χ1) is 14.9. The molecule has 2 amide bonds. The molecule has 0 saturated carbocycles. The van der Waals surface area contributed by atoms with Gasteiger partial charge in [0.1, 0.15) is 17.7 Å². The summed E-state index contributed by atoms with van der Waals surface area (Å²) in [5.41, 5.74) is 0.325. The van der Waals surface area contributed by atoms with Gasteiger partial charge < -0.3 is 25.8 Å². The normalized spacial score (nSPS) is 25.3. The van der Waals surface area contributed by atoms with Crippen molar-refractivity contribution in [3.05, 3.63) is 35.4 Å². The van der Waals surface area contributed by atoms with Gasteiger partial charge in [-0.15, -0.1) is 0 Å². The number of hydrogen-bond acceptors (Lipinski definition) is 5. The zero-order valence-electron chi connectivity index (χ0n) is 17.7. The number of amides is 2. The topological polar surface area (TPSA) is 99.7 Å². The molecular weight excluding hydrogens is 408 g/mol. The van der Waals surface area contributed by atoms with E-state index in [2.05, 4.69) is 22.9 Å². The van der Waals surface area contributed by atoms with Crippen LogP contribution in [0.5, 0.6) is 0 Å². The van der Waals surface area contributed by atoms with E-state index in [4.69, 9.17) is 4.74 Å². The van der Waals surface area contributed by atoms with Gasteiger partial charge in [0.25, 0.3) is 0 Å². The molecule has 0 spiro atoms. The second-order valence-corrected chi connectivity index (χ2v) is 8.34. The Balaban J connectivity index is 1.68. The van der Waals surface area contributed by atoms with Gasteiger partial charge in [0.2, 0.25) is 11.8 Å². The SMILES string of the molecule is CCCCO[C@H]1CN[C@@H]([C@@H](O)[C@H](Cc2cc(F)cc(F)c2)NC(=O)C2CCC(=O)N2)C1. The molecule has 5 atom stereocenters. The van der Waals surface area contributed by atoms with Crippen LogP contribution in [0.15, 0.2) is 18.2 Å². The summed E-state index contributed by atoms with van der Waals surface area (Å²) in [7, 11) is 0. The average molecular weight is 440 g/mol. The van der Waals surface area contributed by atoms with Crippen molar-refractivity contribution < 1.29 is 28.2 Å². The summed E-state index contributed by atoms with van der Waals surface area (Å²) in [5.74, 6) is -2.06. The summed E-state index contributed by atoms with van der Waals surface area (Å²) in [6, 6.07) is 1.34. The minimum atomic E-state index is -1.01. The lowest BCUT2D eigenvalue weighted by Crippen LogP contribution is -2.55. The molecular formula is C22H31F2N3O4. The Bertz CT molecular complexity index is 759. The second-order valence-electron chi connectivity index (χ2n) is 8.34. The smallest absolute Gasteiger partial charge is 0.242 e. The van der Waals surface area contributed by atoms with Crippen molar-refractivity contribution in [3.8, 4) is 0 Å². The Hall–Kier alpha value is -2.10. The quantitative estimate of drug-likeness (QED) is 0.411. The van der Waals surface area contributed by atoms with Crippen LogP contribution in [-0.4, -0.2) is 60.4 Å². The number of nitrogens with one attached hydrogen (secondary N) is 3. The van der Waals surface area contributed by atoms with Crippen molar-refractivity contribution in [1.82, 2.24) is 16.0 Å². The largest absolute Gasteiger partial charge is 0.389 e. The van der Waals surface area contributed by atoms with Crippen LogP contribution >= 0.6 is 0 Å². The van der Waals surface area contributed by atoms with Crippen LogP contribution in [0.1, 0.15) is 44.6 Å². The summed E-state index contributed by atoms with van der Waals surface area (Å²) >= 11 is 0. The van der Waals surface area contributed by atoms with Crippen molar-refractivity contribution in [2.24, 2.45) is 0 Å². The standard InChI is InChI=1S/C22H31F2N3O4/c1-2-3-6-31-16-11-18(25-12-16)21(29)19(9-13-7-14(23)10-15(24)8-13)27-22(30)17-4-5-20(28)26-17/h7-8,10,16-19,21,25,29H,2-6,9,11-12H2,1H3,(H,26,28)(H,27,30)/t16-,17?,18-,19+,21-/m1/s1. The van der Waals surface area contributed by atoms with E-state index in [9.17, 15) is 23.5 Å². The third kappa shape index (κ3) is 6.69. The highest BCUT2D eigenvalue weighted by molar-refractivity contribution is 5.90. The van der Waals surface area contributed by atoms with Crippen LogP contribution in [0.25, 0.3) is 0 Å². The zero-order chi connectivity index (χ0) is 22.4. The first-order valence-electron chi connectivity index (χ1n) is 10.9. The lowest BCUT2D eigenvalue weighted by atomic mass is 9.94. The number of carbonyl (C=O) groups is 2. The van der Waals surface area contributed by atoms with Gasteiger partial charge in [-0.05, 0) is 43.4 Å². The lowest BCUT2D eigenvalue weighted by molar-refractivity contribution is -0.127. The summed E-state index contributed by atoms with van der Waals surface area (Å²) in [6.45, 7) is 3.31. The van der Waals surface area contributed by atoms with E-state index >= 15 is 0 Å². The molecule has 2 aliphatic rings. The lowest BCUT2D eigenvalue weighted by Gasteiger charge is -2.29. The van der Waals surface area contributed by atoms with E-state index in [0.29, 0.717) is 31.6 Å². The van der Waals surface area contributed by atoms with Crippen LogP contribution in [0.4, 0.5) is 8.78 Å². The fourth-order valence-corrected chi connectivity index (χ4v) is 4.13. The number of unbranched alkanes of at least 4 members (excludes halogenated alkanes) is 1. The first kappa shape index (κ1) is 23.6. The molecule has 0 radical (unpaired) electrons. The number of hydrogen-bond donors (Lipinski definition) is 4. The van der Waals surface area contributed by atoms with Crippen molar-refractivity contribution in [2.75, 3.05) is 13.2 Å². The Morgan fingerprint density at radius 3 is 2.71 bits per heavy atom. The molecule has 31 heavy (non-hydrogen) atoms. The van der Waals surface area contributed by atoms with Gasteiger partial charge in [-0.25, -0.2) is 8.78 Å². The zero-order valence-corrected chi connectivity index (χ0v) is 17.7. The number of carbonyl (C=O) groups excluding carboxylic acids is 2. The third-order valence-corrected chi connectivity index (χ3v) is 5.82. The molecule has 2 heterocycles. The molecule has 9 heteroatoms. The molecule has 3 rings (SSSR count). The molecule has 1 aromatic rings. The second kappa shape index (κ2) is 11.0. The van der Waals surface area contributed by atoms with Crippen LogP contribution in [0.3, 0.4) is 0 Å². The van der Waals surface area contributed by atoms with Crippen molar-refractivity contribution in [3.63, 3.8) is 0 Å². The molecule has 1 aromatic carbocycles. The Kier molecular flexibility index (Phi) is 8.34. The molecule has 2 fully saturated rings. The fourth-order valence-electron chi connectivity index (χ4n) is 4.13. The number of benzene rings is 1. The first-order valence-corrected chi connectivity index (χ1v) is 10.9. The van der Waals surface area contributed by atoms with Gasteiger partial charge in [0.05, 0.1) is 18.2 Å². The number of rotatable bonds is 10. The van der Waals surface area contributed by atoms with E-state index < -0.39 is 35.7 Å². The summed E-state index contributed by atoms with van der Waals surface area (Å²) in [5, 5.41) is 19.6. The van der Waals surface area contributed by atoms with Crippen LogP contribution in [-0.2, 0) is 20.7 Å². The van der Waals surface area contributed by atoms with Crippen LogP contribution < -0.4 is 16.0 Å². The van der Waals surface area contributed by atoms with Gasteiger partial charge in [-0.2, -0.15) is 0 Å². The van der Waals surface area contributed by atoms with Crippen molar-refractivity contribution in [1.29, 1.82) is 0 Å². The molecule has 2 aliphatic heterocycles. The van der Waals surface area contributed by atoms with Gasteiger partial charge in [-0.3, -0.25) is 9.59 Å². The summed E-state index contributed by atoms with van der Waals surface area (Å²) in [6.07, 6.45) is 2.19. The molecule has 7 nitrogen and oxygen atoms in total. The van der Waals surface area contributed by atoms with Crippen LogP contribution in [0, 0.1) is 11.6 Å².